The second kappa shape index (κ2) is 9.88. The monoisotopic (exact) mass is 423 g/mol. The smallest absolute Gasteiger partial charge is 0.439 e. The van der Waals surface area contributed by atoms with Crippen LogP contribution in [0.5, 0.6) is 0 Å². The van der Waals surface area contributed by atoms with Crippen molar-refractivity contribution in [3.05, 3.63) is 64.6 Å². The number of aromatic amines is 1. The summed E-state index contributed by atoms with van der Waals surface area (Å²) in [5.74, 6) is -1.46. The van der Waals surface area contributed by atoms with E-state index in [4.69, 9.17) is 0 Å². The van der Waals surface area contributed by atoms with E-state index in [1.807, 2.05) is 55.5 Å². The molecule has 8 nitrogen and oxygen atoms in total. The number of carbonyl (C=O) groups excluding carboxylic acids is 1. The minimum Gasteiger partial charge on any atom is -0.480 e. The number of hydrogen-bond donors (Lipinski definition) is 2. The van der Waals surface area contributed by atoms with Gasteiger partial charge in [-0.1, -0.05) is 74.0 Å². The molecule has 0 bridgehead atoms. The maximum atomic E-state index is 12.4. The Morgan fingerprint density at radius 2 is 1.77 bits per heavy atom. The molecule has 2 aromatic carbocycles. The molecule has 0 aliphatic carbocycles. The summed E-state index contributed by atoms with van der Waals surface area (Å²) in [6.07, 6.45) is 1.32. The van der Waals surface area contributed by atoms with E-state index in [0.29, 0.717) is 18.7 Å². The van der Waals surface area contributed by atoms with Gasteiger partial charge in [0.2, 0.25) is 5.91 Å². The van der Waals surface area contributed by atoms with Gasteiger partial charge in [-0.3, -0.25) is 14.3 Å². The van der Waals surface area contributed by atoms with E-state index in [9.17, 15) is 19.5 Å². The summed E-state index contributed by atoms with van der Waals surface area (Å²) in [7, 11) is 0. The standard InChI is InChI=1S/C23H25N3O5/c1-3-7-19(22(28)29)26(20(27)4-2)14-15-10-12-16(13-11-15)17-8-5-6-9-18(17)21-24-23(30)31-25-21/h5-6,8-13,19H,3-4,7,14H2,1-2H3,(H,28,29)(H,24,25,30)/t19-/m0/s1. The van der Waals surface area contributed by atoms with E-state index < -0.39 is 17.8 Å². The van der Waals surface area contributed by atoms with E-state index >= 15 is 0 Å². The second-order valence-electron chi connectivity index (χ2n) is 7.20. The molecule has 1 heterocycles. The van der Waals surface area contributed by atoms with Gasteiger partial charge in [-0.05, 0) is 23.1 Å². The molecule has 1 atom stereocenters. The fourth-order valence-corrected chi connectivity index (χ4v) is 3.54. The third-order valence-corrected chi connectivity index (χ3v) is 5.09. The number of H-pyrrole nitrogens is 1. The second-order valence-corrected chi connectivity index (χ2v) is 7.20. The van der Waals surface area contributed by atoms with Crippen LogP contribution >= 0.6 is 0 Å². The molecule has 0 spiro atoms. The molecule has 0 saturated heterocycles. The first-order chi connectivity index (χ1) is 14.9. The predicted molar refractivity (Wildman–Crippen MR) is 115 cm³/mol. The number of carboxylic acid groups (broad SMARTS) is 1. The Bertz CT molecular complexity index is 1100. The van der Waals surface area contributed by atoms with Crippen molar-refractivity contribution < 1.29 is 19.2 Å². The third-order valence-electron chi connectivity index (χ3n) is 5.09. The van der Waals surface area contributed by atoms with Crippen molar-refractivity contribution in [2.45, 2.75) is 45.7 Å². The number of carboxylic acids is 1. The molecule has 0 radical (unpaired) electrons. The molecule has 8 heteroatoms. The van der Waals surface area contributed by atoms with E-state index in [2.05, 4.69) is 14.7 Å². The Morgan fingerprint density at radius 1 is 1.10 bits per heavy atom. The fourth-order valence-electron chi connectivity index (χ4n) is 3.54. The van der Waals surface area contributed by atoms with Crippen LogP contribution in [-0.4, -0.2) is 38.1 Å². The molecule has 1 amide bonds. The SMILES string of the molecule is CCC[C@@H](C(=O)O)N(Cc1ccc(-c2ccccc2-c2noc(=O)[nH]2)cc1)C(=O)CC. The van der Waals surface area contributed by atoms with Crippen LogP contribution in [0.1, 0.15) is 38.7 Å². The van der Waals surface area contributed by atoms with Gasteiger partial charge in [0.05, 0.1) is 0 Å². The lowest BCUT2D eigenvalue weighted by Gasteiger charge is -2.29. The van der Waals surface area contributed by atoms with Crippen molar-refractivity contribution in [3.8, 4) is 22.5 Å². The number of amides is 1. The van der Waals surface area contributed by atoms with Crippen LogP contribution in [0.25, 0.3) is 22.5 Å². The van der Waals surface area contributed by atoms with Gasteiger partial charge in [0.25, 0.3) is 0 Å². The van der Waals surface area contributed by atoms with Crippen LogP contribution < -0.4 is 5.76 Å². The van der Waals surface area contributed by atoms with Crippen LogP contribution in [0, 0.1) is 0 Å². The zero-order valence-electron chi connectivity index (χ0n) is 17.5. The van der Waals surface area contributed by atoms with Crippen molar-refractivity contribution in [2.24, 2.45) is 0 Å². The molecule has 0 aliphatic rings. The van der Waals surface area contributed by atoms with Crippen LogP contribution in [0.15, 0.2) is 57.8 Å². The van der Waals surface area contributed by atoms with E-state index in [1.54, 1.807) is 6.92 Å². The molecule has 0 aliphatic heterocycles. The fraction of sp³-hybridized carbons (Fsp3) is 0.304. The lowest BCUT2D eigenvalue weighted by Crippen LogP contribution is -2.44. The largest absolute Gasteiger partial charge is 0.480 e. The highest BCUT2D eigenvalue weighted by Gasteiger charge is 2.28. The number of benzene rings is 2. The first-order valence-corrected chi connectivity index (χ1v) is 10.2. The zero-order chi connectivity index (χ0) is 22.4. The number of aromatic nitrogens is 2. The van der Waals surface area contributed by atoms with Gasteiger partial charge in [0, 0.05) is 18.5 Å². The zero-order valence-corrected chi connectivity index (χ0v) is 17.5. The van der Waals surface area contributed by atoms with E-state index in [1.165, 1.54) is 4.90 Å². The summed E-state index contributed by atoms with van der Waals surface area (Å²) in [4.78, 5) is 39.5. The Labute approximate surface area is 179 Å². The number of aliphatic carboxylic acids is 1. The molecule has 31 heavy (non-hydrogen) atoms. The van der Waals surface area contributed by atoms with E-state index in [-0.39, 0.29) is 18.9 Å². The molecule has 0 fully saturated rings. The Hall–Kier alpha value is -3.68. The number of hydrogen-bond acceptors (Lipinski definition) is 5. The maximum Gasteiger partial charge on any atom is 0.439 e. The quantitative estimate of drug-likeness (QED) is 0.542. The van der Waals surface area contributed by atoms with Crippen LogP contribution in [0.3, 0.4) is 0 Å². The van der Waals surface area contributed by atoms with Crippen LogP contribution in [0.4, 0.5) is 0 Å². The molecular formula is C23H25N3O5. The van der Waals surface area contributed by atoms with Gasteiger partial charge in [-0.15, -0.1) is 0 Å². The molecule has 1 aromatic heterocycles. The highest BCUT2D eigenvalue weighted by Crippen LogP contribution is 2.30. The van der Waals surface area contributed by atoms with Crippen molar-refractivity contribution >= 4 is 11.9 Å². The van der Waals surface area contributed by atoms with Crippen LogP contribution in [-0.2, 0) is 16.1 Å². The van der Waals surface area contributed by atoms with Gasteiger partial charge in [0.1, 0.15) is 6.04 Å². The average Bonchev–Trinajstić information content (AvgIpc) is 3.22. The highest BCUT2D eigenvalue weighted by molar-refractivity contribution is 5.83. The molecule has 3 rings (SSSR count). The summed E-state index contributed by atoms with van der Waals surface area (Å²) in [6, 6.07) is 14.2. The normalized spacial score (nSPS) is 11.8. The number of nitrogens with one attached hydrogen (secondary N) is 1. The molecule has 0 unspecified atom stereocenters. The van der Waals surface area contributed by atoms with Crippen molar-refractivity contribution in [2.75, 3.05) is 0 Å². The Balaban J connectivity index is 1.89. The molecular weight excluding hydrogens is 398 g/mol. The minimum absolute atomic E-state index is 0.190. The van der Waals surface area contributed by atoms with Crippen molar-refractivity contribution in [1.82, 2.24) is 15.0 Å². The summed E-state index contributed by atoms with van der Waals surface area (Å²) in [5.41, 5.74) is 3.30. The molecule has 2 N–H and O–H groups in total. The lowest BCUT2D eigenvalue weighted by atomic mass is 9.98. The lowest BCUT2D eigenvalue weighted by molar-refractivity contribution is -0.151. The maximum absolute atomic E-state index is 12.4. The van der Waals surface area contributed by atoms with Gasteiger partial charge < -0.3 is 10.0 Å². The highest BCUT2D eigenvalue weighted by atomic mass is 16.5. The number of rotatable bonds is 9. The van der Waals surface area contributed by atoms with Crippen molar-refractivity contribution in [1.29, 1.82) is 0 Å². The van der Waals surface area contributed by atoms with Gasteiger partial charge in [-0.25, -0.2) is 9.59 Å². The topological polar surface area (TPSA) is 116 Å². The predicted octanol–water partition coefficient (Wildman–Crippen LogP) is 3.69. The van der Waals surface area contributed by atoms with Gasteiger partial charge >= 0.3 is 11.7 Å². The average molecular weight is 423 g/mol. The molecule has 3 aromatic rings. The summed E-state index contributed by atoms with van der Waals surface area (Å²) < 4.78 is 4.62. The van der Waals surface area contributed by atoms with Crippen LogP contribution in [0.2, 0.25) is 0 Å². The minimum atomic E-state index is -0.990. The van der Waals surface area contributed by atoms with E-state index in [0.717, 1.165) is 22.3 Å². The summed E-state index contributed by atoms with van der Waals surface area (Å²) in [6.45, 7) is 3.86. The summed E-state index contributed by atoms with van der Waals surface area (Å²) in [5, 5.41) is 13.4. The summed E-state index contributed by atoms with van der Waals surface area (Å²) >= 11 is 0. The Morgan fingerprint density at radius 3 is 2.32 bits per heavy atom. The third kappa shape index (κ3) is 5.09. The van der Waals surface area contributed by atoms with Gasteiger partial charge in [0.15, 0.2) is 5.82 Å². The number of carbonyl (C=O) groups is 2. The number of nitrogens with zero attached hydrogens (tertiary/aromatic N) is 2. The van der Waals surface area contributed by atoms with Gasteiger partial charge in [-0.2, -0.15) is 0 Å². The molecule has 162 valence electrons. The molecule has 0 saturated carbocycles. The first-order valence-electron chi connectivity index (χ1n) is 10.2. The Kier molecular flexibility index (Phi) is 7.02. The first kappa shape index (κ1) is 22.0. The van der Waals surface area contributed by atoms with Crippen molar-refractivity contribution in [3.63, 3.8) is 0 Å².